The van der Waals surface area contributed by atoms with E-state index in [1.165, 1.54) is 22.3 Å². The zero-order valence-electron chi connectivity index (χ0n) is 43.5. The average Bonchev–Trinajstić information content (AvgIpc) is 4.07. The Balaban J connectivity index is 1.10. The van der Waals surface area contributed by atoms with E-state index < -0.39 is 0 Å². The minimum atomic E-state index is 0.0405. The van der Waals surface area contributed by atoms with Crippen molar-refractivity contribution in [2.45, 2.75) is 105 Å². The first kappa shape index (κ1) is 44.3. The van der Waals surface area contributed by atoms with Gasteiger partial charge in [-0.05, 0) is 80.3 Å². The number of benzene rings is 5. The van der Waals surface area contributed by atoms with Crippen molar-refractivity contribution in [2.24, 2.45) is 0 Å². The van der Waals surface area contributed by atoms with Crippen LogP contribution >= 0.6 is 0 Å². The molecule has 0 aliphatic heterocycles. The van der Waals surface area contributed by atoms with Crippen LogP contribution in [0.1, 0.15) is 105 Å². The molecule has 0 unspecified atom stereocenters. The van der Waals surface area contributed by atoms with Crippen molar-refractivity contribution in [1.82, 2.24) is 28.7 Å². The summed E-state index contributed by atoms with van der Waals surface area (Å²) in [4.78, 5) is 21.6. The molecule has 0 fully saturated rings. The standard InChI is InChI=1S/C66H60N6/c1-63(2,3)41-21-13-37(14-22-41)51-30-45-47-32-53(39-17-25-43(26-18-39)65(7,8)9)69-59-49-29-50-56(34-55(49)71(61(47)59)57(45)35-67-51)72-58-36-68-52(38-15-23-42(24-16-38)64(4,5)6)31-46(58)48-33-54(70-60(50)62(48)72)40-19-27-44(28-20-40)66(10,11)12/h13-36H,1-12H3. The Labute approximate surface area is 421 Å². The van der Waals surface area contributed by atoms with Crippen molar-refractivity contribution >= 4 is 76.5 Å². The monoisotopic (exact) mass is 936 g/mol. The molecule has 8 heterocycles. The van der Waals surface area contributed by atoms with Crippen molar-refractivity contribution in [2.75, 3.05) is 0 Å². The SMILES string of the molecule is CC(C)(C)c1ccc(-c2cc3c4cc(-c5ccc(C(C)(C)C)cc5)nc5c6cc7c8nc(-c9ccc(C(C)(C)C)cc9)cc9c%10cc(-c%11ccc(C(C)(C)C)cc%11)ncc%10n(c7cc6n(c3cn2)c45)c98)cc1. The maximum Gasteiger partial charge on any atom is 0.0977 e. The summed E-state index contributed by atoms with van der Waals surface area (Å²) in [5.41, 5.74) is 22.1. The van der Waals surface area contributed by atoms with Crippen LogP contribution in [0.15, 0.2) is 146 Å². The fourth-order valence-corrected chi connectivity index (χ4v) is 11.2. The first-order chi connectivity index (χ1) is 34.2. The molecule has 6 heteroatoms. The van der Waals surface area contributed by atoms with Gasteiger partial charge in [-0.25, -0.2) is 9.97 Å². The normalized spacial score (nSPS) is 13.3. The van der Waals surface area contributed by atoms with E-state index in [4.69, 9.17) is 19.9 Å². The number of hydrogen-bond acceptors (Lipinski definition) is 4. The lowest BCUT2D eigenvalue weighted by molar-refractivity contribution is 0.590. The number of nitrogens with zero attached hydrogens (tertiary/aromatic N) is 6. The quantitative estimate of drug-likeness (QED) is 0.176. The van der Waals surface area contributed by atoms with Gasteiger partial charge in [-0.1, -0.05) is 180 Å². The maximum atomic E-state index is 5.62. The van der Waals surface area contributed by atoms with E-state index in [0.29, 0.717) is 0 Å². The minimum Gasteiger partial charge on any atom is -0.305 e. The van der Waals surface area contributed by atoms with Gasteiger partial charge in [0.1, 0.15) is 0 Å². The molecule has 72 heavy (non-hydrogen) atoms. The lowest BCUT2D eigenvalue weighted by Crippen LogP contribution is -2.10. The number of fused-ring (bicyclic) bond motifs is 12. The highest BCUT2D eigenvalue weighted by atomic mass is 15.0. The molecule has 0 radical (unpaired) electrons. The van der Waals surface area contributed by atoms with Gasteiger partial charge in [0.25, 0.3) is 0 Å². The van der Waals surface area contributed by atoms with Gasteiger partial charge >= 0.3 is 0 Å². The van der Waals surface area contributed by atoms with Crippen LogP contribution in [0, 0.1) is 0 Å². The average molecular weight is 937 g/mol. The number of hydrogen-bond donors (Lipinski definition) is 0. The molecule has 0 N–H and O–H groups in total. The van der Waals surface area contributed by atoms with E-state index in [2.05, 4.69) is 238 Å². The molecule has 8 aromatic heterocycles. The third-order valence-electron chi connectivity index (χ3n) is 15.6. The Morgan fingerprint density at radius 3 is 0.889 bits per heavy atom. The smallest absolute Gasteiger partial charge is 0.0977 e. The molecule has 13 rings (SSSR count). The summed E-state index contributed by atoms with van der Waals surface area (Å²) < 4.78 is 4.82. The zero-order valence-corrected chi connectivity index (χ0v) is 43.5. The topological polar surface area (TPSA) is 60.4 Å². The third-order valence-corrected chi connectivity index (χ3v) is 15.6. The fraction of sp³-hybridized carbons (Fsp3) is 0.242. The fourth-order valence-electron chi connectivity index (χ4n) is 11.2. The van der Waals surface area contributed by atoms with E-state index in [1.54, 1.807) is 0 Å². The highest BCUT2D eigenvalue weighted by molar-refractivity contribution is 6.28. The second-order valence-corrected chi connectivity index (χ2v) is 24.5. The molecule has 0 atom stereocenters. The summed E-state index contributed by atoms with van der Waals surface area (Å²) in [5, 5.41) is 6.83. The summed E-state index contributed by atoms with van der Waals surface area (Å²) in [5.74, 6) is 0. The number of aromatic nitrogens is 6. The summed E-state index contributed by atoms with van der Waals surface area (Å²) in [7, 11) is 0. The molecule has 6 nitrogen and oxygen atoms in total. The largest absolute Gasteiger partial charge is 0.305 e. The second-order valence-electron chi connectivity index (χ2n) is 24.5. The van der Waals surface area contributed by atoms with Crippen LogP contribution in [0.2, 0.25) is 0 Å². The Kier molecular flexibility index (Phi) is 9.17. The molecule has 5 aromatic carbocycles. The van der Waals surface area contributed by atoms with E-state index in [-0.39, 0.29) is 21.7 Å². The van der Waals surface area contributed by atoms with Crippen LogP contribution in [0.25, 0.3) is 121 Å². The molecular weight excluding hydrogens is 877 g/mol. The maximum absolute atomic E-state index is 5.62. The van der Waals surface area contributed by atoms with Gasteiger partial charge < -0.3 is 8.80 Å². The van der Waals surface area contributed by atoms with Crippen molar-refractivity contribution < 1.29 is 0 Å². The zero-order chi connectivity index (χ0) is 50.0. The molecule has 0 aliphatic carbocycles. The van der Waals surface area contributed by atoms with Gasteiger partial charge in [0.2, 0.25) is 0 Å². The van der Waals surface area contributed by atoms with Crippen molar-refractivity contribution in [3.63, 3.8) is 0 Å². The first-order valence-electron chi connectivity index (χ1n) is 25.5. The van der Waals surface area contributed by atoms with E-state index in [1.807, 2.05) is 0 Å². The lowest BCUT2D eigenvalue weighted by Gasteiger charge is -2.19. The summed E-state index contributed by atoms with van der Waals surface area (Å²) in [6.45, 7) is 27.1. The van der Waals surface area contributed by atoms with Gasteiger partial charge in [-0.2, -0.15) is 0 Å². The summed E-state index contributed by atoms with van der Waals surface area (Å²) in [6.07, 6.45) is 4.14. The van der Waals surface area contributed by atoms with Crippen LogP contribution in [0.4, 0.5) is 0 Å². The van der Waals surface area contributed by atoms with Gasteiger partial charge in [0, 0.05) is 54.6 Å². The van der Waals surface area contributed by atoms with Crippen LogP contribution in [-0.4, -0.2) is 28.7 Å². The molecule has 0 spiro atoms. The summed E-state index contributed by atoms with van der Waals surface area (Å²) >= 11 is 0. The molecule has 0 aliphatic rings. The molecule has 0 amide bonds. The van der Waals surface area contributed by atoms with Gasteiger partial charge in [0.05, 0.1) is 79.3 Å². The Morgan fingerprint density at radius 1 is 0.292 bits per heavy atom. The van der Waals surface area contributed by atoms with E-state index >= 15 is 0 Å². The van der Waals surface area contributed by atoms with Crippen molar-refractivity contribution in [1.29, 1.82) is 0 Å². The van der Waals surface area contributed by atoms with E-state index in [0.717, 1.165) is 121 Å². The van der Waals surface area contributed by atoms with Crippen molar-refractivity contribution in [3.8, 4) is 45.0 Å². The molecule has 0 saturated carbocycles. The third kappa shape index (κ3) is 6.75. The minimum absolute atomic E-state index is 0.0405. The molecule has 0 saturated heterocycles. The number of rotatable bonds is 4. The Hall–Kier alpha value is -7.70. The van der Waals surface area contributed by atoms with Gasteiger partial charge in [-0.15, -0.1) is 0 Å². The van der Waals surface area contributed by atoms with Crippen LogP contribution in [0.5, 0.6) is 0 Å². The molecular formula is C66H60N6. The van der Waals surface area contributed by atoms with Gasteiger partial charge in [-0.3, -0.25) is 9.97 Å². The molecule has 13 aromatic rings. The lowest BCUT2D eigenvalue weighted by atomic mass is 9.86. The highest BCUT2D eigenvalue weighted by Crippen LogP contribution is 2.46. The van der Waals surface area contributed by atoms with E-state index in [9.17, 15) is 0 Å². The number of pyridine rings is 4. The highest BCUT2D eigenvalue weighted by Gasteiger charge is 2.27. The van der Waals surface area contributed by atoms with Crippen LogP contribution < -0.4 is 0 Å². The second kappa shape index (κ2) is 14.9. The Bertz CT molecular complexity index is 4020. The van der Waals surface area contributed by atoms with Crippen LogP contribution in [-0.2, 0) is 21.7 Å². The molecule has 0 bridgehead atoms. The molecule has 354 valence electrons. The predicted molar refractivity (Wildman–Crippen MR) is 303 cm³/mol. The Morgan fingerprint density at radius 2 is 0.583 bits per heavy atom. The van der Waals surface area contributed by atoms with Crippen LogP contribution in [0.3, 0.4) is 0 Å². The van der Waals surface area contributed by atoms with Crippen molar-refractivity contribution in [3.05, 3.63) is 168 Å². The first-order valence-corrected chi connectivity index (χ1v) is 25.5. The predicted octanol–water partition coefficient (Wildman–Crippen LogP) is 17.4. The van der Waals surface area contributed by atoms with Gasteiger partial charge in [0.15, 0.2) is 0 Å². The summed E-state index contributed by atoms with van der Waals surface area (Å²) in [6, 6.07) is 49.7.